The Morgan fingerprint density at radius 3 is 2.40 bits per heavy atom. The van der Waals surface area contributed by atoms with Crippen LogP contribution in [0.4, 0.5) is 0 Å². The van der Waals surface area contributed by atoms with E-state index >= 15 is 0 Å². The first kappa shape index (κ1) is 15.0. The number of rotatable bonds is 5. The molecule has 1 unspecified atom stereocenters. The third-order valence-corrected chi connectivity index (χ3v) is 3.81. The topological polar surface area (TPSA) is 9.23 Å². The molecule has 0 fully saturated rings. The zero-order chi connectivity index (χ0) is 14.4. The van der Waals surface area contributed by atoms with Gasteiger partial charge in [-0.05, 0) is 35.8 Å². The molecule has 0 saturated carbocycles. The first-order chi connectivity index (χ1) is 9.77. The van der Waals surface area contributed by atoms with Crippen molar-refractivity contribution in [3.8, 4) is 0 Å². The summed E-state index contributed by atoms with van der Waals surface area (Å²) in [5.74, 6) is 0.412. The Balaban J connectivity index is 2.49. The number of alkyl halides is 1. The molecule has 0 radical (unpaired) electrons. The van der Waals surface area contributed by atoms with Crippen LogP contribution >= 0.6 is 23.8 Å². The quantitative estimate of drug-likeness (QED) is 0.572. The fourth-order valence-electron chi connectivity index (χ4n) is 2.25. The second-order valence-electron chi connectivity index (χ2n) is 4.43. The van der Waals surface area contributed by atoms with E-state index in [9.17, 15) is 0 Å². The molecule has 104 valence electrons. The number of ether oxygens (including phenoxy) is 1. The molecule has 2 rings (SSSR count). The molecule has 0 saturated heterocycles. The molecule has 0 aliphatic rings. The average Bonchev–Trinajstić information content (AvgIpc) is 2.49. The van der Waals surface area contributed by atoms with Gasteiger partial charge in [-0.2, -0.15) is 0 Å². The van der Waals surface area contributed by atoms with Gasteiger partial charge in [-0.15, -0.1) is 11.6 Å². The summed E-state index contributed by atoms with van der Waals surface area (Å²) in [4.78, 5) is 0. The lowest BCUT2D eigenvalue weighted by Crippen LogP contribution is -2.16. The van der Waals surface area contributed by atoms with Crippen LogP contribution in [0.25, 0.3) is 0 Å². The highest BCUT2D eigenvalue weighted by atomic mass is 35.5. The molecule has 0 heterocycles. The highest BCUT2D eigenvalue weighted by molar-refractivity contribution is 7.80. The van der Waals surface area contributed by atoms with Gasteiger partial charge in [-0.25, -0.2) is 0 Å². The van der Waals surface area contributed by atoms with Crippen LogP contribution in [0, 0.1) is 0 Å². The van der Waals surface area contributed by atoms with Crippen molar-refractivity contribution in [3.63, 3.8) is 0 Å². The SMILES string of the molecule is CCOC(=S)C(c1ccccc1)c1ccccc1CCl. The standard InChI is InChI=1S/C17H17ClOS/c1-2-19-17(20)16(13-8-4-3-5-9-13)15-11-7-6-10-14(15)12-18/h3-11,16H,2,12H2,1H3. The molecule has 1 atom stereocenters. The smallest absolute Gasteiger partial charge is 0.171 e. The molecule has 3 heteroatoms. The van der Waals surface area contributed by atoms with Crippen LogP contribution in [0.1, 0.15) is 29.5 Å². The minimum Gasteiger partial charge on any atom is -0.486 e. The molecule has 2 aromatic rings. The largest absolute Gasteiger partial charge is 0.486 e. The number of benzene rings is 2. The van der Waals surface area contributed by atoms with E-state index in [1.54, 1.807) is 0 Å². The Kier molecular flexibility index (Phi) is 5.57. The molecule has 0 spiro atoms. The predicted octanol–water partition coefficient (Wildman–Crippen LogP) is 4.92. The first-order valence-corrected chi connectivity index (χ1v) is 7.57. The molecule has 0 amide bonds. The van der Waals surface area contributed by atoms with Crippen LogP contribution < -0.4 is 0 Å². The highest BCUT2D eigenvalue weighted by Gasteiger charge is 2.22. The van der Waals surface area contributed by atoms with Crippen LogP contribution in [0.3, 0.4) is 0 Å². The second kappa shape index (κ2) is 7.41. The first-order valence-electron chi connectivity index (χ1n) is 6.63. The van der Waals surface area contributed by atoms with E-state index in [1.807, 2.05) is 43.3 Å². The van der Waals surface area contributed by atoms with E-state index in [1.165, 1.54) is 0 Å². The van der Waals surface area contributed by atoms with Gasteiger partial charge in [0.2, 0.25) is 0 Å². The van der Waals surface area contributed by atoms with Crippen LogP contribution in [0.15, 0.2) is 54.6 Å². The van der Waals surface area contributed by atoms with Crippen molar-refractivity contribution < 1.29 is 4.74 Å². The highest BCUT2D eigenvalue weighted by Crippen LogP contribution is 2.30. The van der Waals surface area contributed by atoms with Crippen molar-refractivity contribution in [2.45, 2.75) is 18.7 Å². The van der Waals surface area contributed by atoms with Crippen LogP contribution in [-0.4, -0.2) is 11.7 Å². The van der Waals surface area contributed by atoms with E-state index in [0.717, 1.165) is 16.7 Å². The van der Waals surface area contributed by atoms with Gasteiger partial charge in [0.05, 0.1) is 12.5 Å². The number of thiocarbonyl (C=S) groups is 1. The maximum atomic E-state index is 6.06. The lowest BCUT2D eigenvalue weighted by Gasteiger charge is -2.21. The zero-order valence-electron chi connectivity index (χ0n) is 11.4. The molecule has 0 bridgehead atoms. The third kappa shape index (κ3) is 3.38. The normalized spacial score (nSPS) is 11.9. The summed E-state index contributed by atoms with van der Waals surface area (Å²) >= 11 is 11.5. The van der Waals surface area contributed by atoms with Gasteiger partial charge in [0, 0.05) is 5.88 Å². The van der Waals surface area contributed by atoms with E-state index < -0.39 is 0 Å². The van der Waals surface area contributed by atoms with E-state index in [2.05, 4.69) is 18.2 Å². The minimum atomic E-state index is -0.0545. The zero-order valence-corrected chi connectivity index (χ0v) is 13.0. The average molecular weight is 305 g/mol. The summed E-state index contributed by atoms with van der Waals surface area (Å²) in [5, 5.41) is 0.594. The molecule has 0 aliphatic heterocycles. The third-order valence-electron chi connectivity index (χ3n) is 3.17. The van der Waals surface area contributed by atoms with Crippen molar-refractivity contribution in [1.29, 1.82) is 0 Å². The Hall–Kier alpha value is -1.38. The van der Waals surface area contributed by atoms with Gasteiger partial charge in [-0.1, -0.05) is 54.6 Å². The number of hydrogen-bond acceptors (Lipinski definition) is 2. The molecule has 0 aromatic heterocycles. The van der Waals surface area contributed by atoms with Crippen molar-refractivity contribution in [3.05, 3.63) is 71.3 Å². The summed E-state index contributed by atoms with van der Waals surface area (Å²) in [5.41, 5.74) is 3.33. The Morgan fingerprint density at radius 1 is 1.10 bits per heavy atom. The number of halogens is 1. The lowest BCUT2D eigenvalue weighted by molar-refractivity contribution is 0.325. The predicted molar refractivity (Wildman–Crippen MR) is 88.5 cm³/mol. The fourth-order valence-corrected chi connectivity index (χ4v) is 2.88. The number of hydrogen-bond donors (Lipinski definition) is 0. The monoisotopic (exact) mass is 304 g/mol. The Labute approximate surface area is 130 Å². The van der Waals surface area contributed by atoms with Crippen LogP contribution in [-0.2, 0) is 10.6 Å². The second-order valence-corrected chi connectivity index (χ2v) is 5.10. The molecule has 0 aliphatic carbocycles. The summed E-state index contributed by atoms with van der Waals surface area (Å²) in [6.07, 6.45) is 0. The molecular formula is C17H17ClOS. The Bertz CT molecular complexity index is 568. The van der Waals surface area contributed by atoms with Crippen molar-refractivity contribution in [2.75, 3.05) is 6.61 Å². The molecule has 20 heavy (non-hydrogen) atoms. The van der Waals surface area contributed by atoms with Gasteiger partial charge in [0.15, 0.2) is 5.05 Å². The molecular weight excluding hydrogens is 288 g/mol. The van der Waals surface area contributed by atoms with Gasteiger partial charge in [0.25, 0.3) is 0 Å². The molecule has 0 N–H and O–H groups in total. The van der Waals surface area contributed by atoms with Crippen molar-refractivity contribution >= 4 is 28.9 Å². The lowest BCUT2D eigenvalue weighted by atomic mass is 9.89. The Morgan fingerprint density at radius 2 is 1.75 bits per heavy atom. The van der Waals surface area contributed by atoms with Crippen LogP contribution in [0.2, 0.25) is 0 Å². The van der Waals surface area contributed by atoms with E-state index in [4.69, 9.17) is 28.6 Å². The van der Waals surface area contributed by atoms with E-state index in [-0.39, 0.29) is 5.92 Å². The fraction of sp³-hybridized carbons (Fsp3) is 0.235. The molecule has 1 nitrogen and oxygen atoms in total. The van der Waals surface area contributed by atoms with Gasteiger partial charge in [0.1, 0.15) is 0 Å². The van der Waals surface area contributed by atoms with Gasteiger partial charge >= 0.3 is 0 Å². The summed E-state index contributed by atoms with van der Waals surface area (Å²) in [7, 11) is 0. The van der Waals surface area contributed by atoms with Gasteiger partial charge in [-0.3, -0.25) is 0 Å². The van der Waals surface area contributed by atoms with Crippen LogP contribution in [0.5, 0.6) is 0 Å². The van der Waals surface area contributed by atoms with E-state index in [0.29, 0.717) is 17.5 Å². The van der Waals surface area contributed by atoms with Crippen molar-refractivity contribution in [2.24, 2.45) is 0 Å². The van der Waals surface area contributed by atoms with Gasteiger partial charge < -0.3 is 4.74 Å². The molecule has 2 aromatic carbocycles. The minimum absolute atomic E-state index is 0.0545. The van der Waals surface area contributed by atoms with Crippen molar-refractivity contribution in [1.82, 2.24) is 0 Å². The summed E-state index contributed by atoms with van der Waals surface area (Å²) < 4.78 is 5.60. The maximum Gasteiger partial charge on any atom is 0.171 e. The maximum absolute atomic E-state index is 6.06. The summed E-state index contributed by atoms with van der Waals surface area (Å²) in [6.45, 7) is 2.52. The summed E-state index contributed by atoms with van der Waals surface area (Å²) in [6, 6.07) is 18.3.